The molecule has 2 N–H and O–H groups in total. The number of aliphatic hydroxyl groups is 1. The van der Waals surface area contributed by atoms with E-state index in [1.807, 2.05) is 6.07 Å². The van der Waals surface area contributed by atoms with Crippen LogP contribution in [0, 0.1) is 17.2 Å². The third-order valence-corrected chi connectivity index (χ3v) is 4.94. The third-order valence-electron chi connectivity index (χ3n) is 4.94. The normalized spacial score (nSPS) is 27.2. The lowest BCUT2D eigenvalue weighted by molar-refractivity contribution is 0.182. The fourth-order valence-electron chi connectivity index (χ4n) is 3.47. The first kappa shape index (κ1) is 16.3. The zero-order valence-corrected chi connectivity index (χ0v) is 13.5. The summed E-state index contributed by atoms with van der Waals surface area (Å²) in [7, 11) is 0. The second-order valence-electron chi connectivity index (χ2n) is 7.57. The van der Waals surface area contributed by atoms with Gasteiger partial charge in [-0.2, -0.15) is 0 Å². The maximum Gasteiger partial charge on any atom is 0.125 e. The largest absolute Gasteiger partial charge is 0.394 e. The highest BCUT2D eigenvalue weighted by Crippen LogP contribution is 2.40. The van der Waals surface area contributed by atoms with Crippen LogP contribution in [0.1, 0.15) is 52.9 Å². The van der Waals surface area contributed by atoms with Crippen LogP contribution in [-0.4, -0.2) is 17.3 Å². The molecule has 1 saturated carbocycles. The molecule has 0 bridgehead atoms. The van der Waals surface area contributed by atoms with Gasteiger partial charge in [0, 0.05) is 5.69 Å². The van der Waals surface area contributed by atoms with Crippen LogP contribution in [0.25, 0.3) is 0 Å². The standard InChI is InChI=1S/C18H28FNO/c1-17(2,3)14-6-5-10-18(13-21,11-9-14)20-16-8-4-7-15(19)12-16/h4,7-8,12,14,20-21H,5-6,9-11,13H2,1-3H3. The smallest absolute Gasteiger partial charge is 0.125 e. The Hall–Kier alpha value is -1.09. The average molecular weight is 293 g/mol. The fourth-order valence-corrected chi connectivity index (χ4v) is 3.47. The van der Waals surface area contributed by atoms with Crippen LogP contribution in [0.3, 0.4) is 0 Å². The second kappa shape index (κ2) is 6.35. The SMILES string of the molecule is CC(C)(C)C1CCCC(CO)(Nc2cccc(F)c2)CC1. The van der Waals surface area contributed by atoms with Crippen LogP contribution < -0.4 is 5.32 Å². The molecule has 1 aliphatic rings. The van der Waals surface area contributed by atoms with Crippen LogP contribution in [0.4, 0.5) is 10.1 Å². The van der Waals surface area contributed by atoms with Gasteiger partial charge in [-0.3, -0.25) is 0 Å². The van der Waals surface area contributed by atoms with Gasteiger partial charge in [-0.15, -0.1) is 0 Å². The molecule has 0 spiro atoms. The summed E-state index contributed by atoms with van der Waals surface area (Å²) in [6.07, 6.45) is 5.28. The third kappa shape index (κ3) is 4.19. The van der Waals surface area contributed by atoms with Crippen molar-refractivity contribution in [3.8, 4) is 0 Å². The Morgan fingerprint density at radius 2 is 2.05 bits per heavy atom. The van der Waals surface area contributed by atoms with Crippen molar-refractivity contribution in [1.29, 1.82) is 0 Å². The lowest BCUT2D eigenvalue weighted by Crippen LogP contribution is -2.41. The van der Waals surface area contributed by atoms with Crippen LogP contribution in [0.15, 0.2) is 24.3 Å². The van der Waals surface area contributed by atoms with Gasteiger partial charge in [0.05, 0.1) is 12.1 Å². The summed E-state index contributed by atoms with van der Waals surface area (Å²) in [5.41, 5.74) is 0.760. The lowest BCUT2D eigenvalue weighted by atomic mass is 9.76. The van der Waals surface area contributed by atoms with Crippen molar-refractivity contribution in [2.45, 2.75) is 58.4 Å². The van der Waals surface area contributed by atoms with Crippen molar-refractivity contribution in [1.82, 2.24) is 0 Å². The predicted octanol–water partition coefficient (Wildman–Crippen LogP) is 4.60. The number of benzene rings is 1. The predicted molar refractivity (Wildman–Crippen MR) is 85.9 cm³/mol. The molecule has 0 aliphatic heterocycles. The summed E-state index contributed by atoms with van der Waals surface area (Å²) in [5.74, 6) is 0.439. The van der Waals surface area contributed by atoms with Gasteiger partial charge < -0.3 is 10.4 Å². The van der Waals surface area contributed by atoms with Gasteiger partial charge in [-0.25, -0.2) is 4.39 Å². The van der Waals surface area contributed by atoms with Crippen molar-refractivity contribution in [3.63, 3.8) is 0 Å². The Morgan fingerprint density at radius 1 is 1.29 bits per heavy atom. The van der Waals surface area contributed by atoms with E-state index >= 15 is 0 Å². The molecule has 0 heterocycles. The first-order valence-electron chi connectivity index (χ1n) is 7.99. The Morgan fingerprint density at radius 3 is 2.67 bits per heavy atom. The zero-order valence-electron chi connectivity index (χ0n) is 13.5. The van der Waals surface area contributed by atoms with E-state index in [0.29, 0.717) is 11.3 Å². The van der Waals surface area contributed by atoms with Gasteiger partial charge in [0.15, 0.2) is 0 Å². The Labute approximate surface area is 127 Å². The molecule has 2 unspecified atom stereocenters. The van der Waals surface area contributed by atoms with E-state index in [0.717, 1.165) is 31.4 Å². The number of rotatable bonds is 3. The second-order valence-corrected chi connectivity index (χ2v) is 7.57. The van der Waals surface area contributed by atoms with Crippen molar-refractivity contribution in [2.24, 2.45) is 11.3 Å². The van der Waals surface area contributed by atoms with Crippen LogP contribution >= 0.6 is 0 Å². The van der Waals surface area contributed by atoms with Crippen molar-refractivity contribution < 1.29 is 9.50 Å². The van der Waals surface area contributed by atoms with Crippen LogP contribution in [0.2, 0.25) is 0 Å². The molecular formula is C18H28FNO. The molecule has 0 aromatic heterocycles. The molecular weight excluding hydrogens is 265 g/mol. The van der Waals surface area contributed by atoms with E-state index in [2.05, 4.69) is 26.1 Å². The van der Waals surface area contributed by atoms with E-state index in [4.69, 9.17) is 0 Å². The first-order valence-corrected chi connectivity index (χ1v) is 7.99. The Balaban J connectivity index is 2.11. The number of nitrogens with one attached hydrogen (secondary N) is 1. The minimum Gasteiger partial charge on any atom is -0.394 e. The van der Waals surface area contributed by atoms with Crippen LogP contribution in [0.5, 0.6) is 0 Å². The summed E-state index contributed by atoms with van der Waals surface area (Å²) in [6, 6.07) is 6.52. The molecule has 0 radical (unpaired) electrons. The maximum atomic E-state index is 13.3. The molecule has 3 heteroatoms. The summed E-state index contributed by atoms with van der Waals surface area (Å²) < 4.78 is 13.3. The molecule has 2 atom stereocenters. The van der Waals surface area contributed by atoms with Gasteiger partial charge in [0.2, 0.25) is 0 Å². The van der Waals surface area contributed by atoms with Crippen molar-refractivity contribution in [2.75, 3.05) is 11.9 Å². The van der Waals surface area contributed by atoms with E-state index in [1.165, 1.54) is 18.6 Å². The molecule has 1 aromatic carbocycles. The quantitative estimate of drug-likeness (QED) is 0.799. The number of halogens is 1. The maximum absolute atomic E-state index is 13.3. The molecule has 21 heavy (non-hydrogen) atoms. The Bertz CT molecular complexity index is 469. The highest BCUT2D eigenvalue weighted by atomic mass is 19.1. The molecule has 0 saturated heterocycles. The number of hydrogen-bond donors (Lipinski definition) is 2. The van der Waals surface area contributed by atoms with E-state index in [9.17, 15) is 9.50 Å². The molecule has 1 fully saturated rings. The van der Waals surface area contributed by atoms with E-state index in [-0.39, 0.29) is 18.0 Å². The molecule has 0 amide bonds. The van der Waals surface area contributed by atoms with E-state index < -0.39 is 0 Å². The lowest BCUT2D eigenvalue weighted by Gasteiger charge is -2.34. The fraction of sp³-hybridized carbons (Fsp3) is 0.667. The summed E-state index contributed by atoms with van der Waals surface area (Å²) in [4.78, 5) is 0. The number of anilines is 1. The molecule has 1 aromatic rings. The Kier molecular flexibility index (Phi) is 4.92. The van der Waals surface area contributed by atoms with Gasteiger partial charge >= 0.3 is 0 Å². The minimum atomic E-state index is -0.312. The highest BCUT2D eigenvalue weighted by molar-refractivity contribution is 5.45. The monoisotopic (exact) mass is 293 g/mol. The van der Waals surface area contributed by atoms with Gasteiger partial charge in [-0.05, 0) is 55.2 Å². The molecule has 2 nitrogen and oxygen atoms in total. The summed E-state index contributed by atoms with van der Waals surface area (Å²) in [5, 5.41) is 13.3. The van der Waals surface area contributed by atoms with Crippen LogP contribution in [-0.2, 0) is 0 Å². The molecule has 1 aliphatic carbocycles. The van der Waals surface area contributed by atoms with Crippen molar-refractivity contribution in [3.05, 3.63) is 30.1 Å². The zero-order chi connectivity index (χ0) is 15.5. The first-order chi connectivity index (χ1) is 9.85. The topological polar surface area (TPSA) is 32.3 Å². The van der Waals surface area contributed by atoms with Crippen molar-refractivity contribution >= 4 is 5.69 Å². The van der Waals surface area contributed by atoms with E-state index in [1.54, 1.807) is 6.07 Å². The van der Waals surface area contributed by atoms with Gasteiger partial charge in [0.1, 0.15) is 5.82 Å². The number of hydrogen-bond acceptors (Lipinski definition) is 2. The van der Waals surface area contributed by atoms with Gasteiger partial charge in [-0.1, -0.05) is 33.3 Å². The minimum absolute atomic E-state index is 0.0976. The summed E-state index contributed by atoms with van der Waals surface area (Å²) in [6.45, 7) is 6.98. The number of aliphatic hydroxyl groups excluding tert-OH is 1. The molecule has 2 rings (SSSR count). The summed E-state index contributed by atoms with van der Waals surface area (Å²) >= 11 is 0. The highest BCUT2D eigenvalue weighted by Gasteiger charge is 2.35. The average Bonchev–Trinajstić information content (AvgIpc) is 2.62. The molecule has 118 valence electrons. The van der Waals surface area contributed by atoms with Gasteiger partial charge in [0.25, 0.3) is 0 Å².